The molecule has 0 saturated carbocycles. The molecule has 3 nitrogen and oxygen atoms in total. The third kappa shape index (κ3) is 1.43. The van der Waals surface area contributed by atoms with Crippen LogP contribution < -0.4 is 11.3 Å². The molecule has 0 radical (unpaired) electrons. The maximum atomic E-state index is 5.11. The molecule has 48 valence electrons. The standard InChI is InChI=1S/C5H12N2O/c6-7-3-5-1-2-8-4-5/h5,7H,1-4,6H2. The fourth-order valence-electron chi connectivity index (χ4n) is 0.911. The minimum absolute atomic E-state index is 0.653. The molecule has 1 aliphatic rings. The summed E-state index contributed by atoms with van der Waals surface area (Å²) in [7, 11) is 0. The first-order chi connectivity index (χ1) is 3.93. The number of hydrogen-bond acceptors (Lipinski definition) is 3. The van der Waals surface area contributed by atoms with Crippen LogP contribution in [0, 0.1) is 5.92 Å². The average molecular weight is 116 g/mol. The quantitative estimate of drug-likeness (QED) is 0.377. The van der Waals surface area contributed by atoms with Gasteiger partial charge in [0, 0.05) is 13.2 Å². The lowest BCUT2D eigenvalue weighted by atomic mass is 10.1. The van der Waals surface area contributed by atoms with Crippen LogP contribution in [0.2, 0.25) is 0 Å². The first kappa shape index (κ1) is 6.01. The number of rotatable bonds is 2. The van der Waals surface area contributed by atoms with E-state index in [1.165, 1.54) is 0 Å². The van der Waals surface area contributed by atoms with Gasteiger partial charge in [-0.2, -0.15) is 0 Å². The van der Waals surface area contributed by atoms with Crippen LogP contribution in [-0.4, -0.2) is 19.8 Å². The molecule has 0 bridgehead atoms. The summed E-state index contributed by atoms with van der Waals surface area (Å²) in [5.74, 6) is 5.76. The maximum absolute atomic E-state index is 5.11. The third-order valence-corrected chi connectivity index (χ3v) is 1.43. The molecule has 0 aromatic rings. The Hall–Kier alpha value is -0.120. The molecule has 8 heavy (non-hydrogen) atoms. The molecule has 3 N–H and O–H groups in total. The van der Waals surface area contributed by atoms with Gasteiger partial charge in [0.15, 0.2) is 0 Å². The summed E-state index contributed by atoms with van der Waals surface area (Å²) < 4.78 is 5.11. The molecule has 0 aromatic carbocycles. The van der Waals surface area contributed by atoms with E-state index in [0.717, 1.165) is 26.2 Å². The van der Waals surface area contributed by atoms with Crippen LogP contribution in [0.5, 0.6) is 0 Å². The van der Waals surface area contributed by atoms with Gasteiger partial charge in [-0.1, -0.05) is 0 Å². The second kappa shape index (κ2) is 3.02. The fraction of sp³-hybridized carbons (Fsp3) is 1.00. The van der Waals surface area contributed by atoms with E-state index in [2.05, 4.69) is 5.43 Å². The molecule has 1 atom stereocenters. The zero-order valence-corrected chi connectivity index (χ0v) is 4.89. The van der Waals surface area contributed by atoms with Gasteiger partial charge in [-0.15, -0.1) is 0 Å². The van der Waals surface area contributed by atoms with Gasteiger partial charge in [0.2, 0.25) is 0 Å². The smallest absolute Gasteiger partial charge is 0.0507 e. The normalized spacial score (nSPS) is 28.9. The highest BCUT2D eigenvalue weighted by molar-refractivity contribution is 4.64. The molecule has 0 amide bonds. The maximum Gasteiger partial charge on any atom is 0.0507 e. The molecule has 1 saturated heterocycles. The second-order valence-electron chi connectivity index (χ2n) is 2.14. The molecule has 0 spiro atoms. The van der Waals surface area contributed by atoms with E-state index in [1.54, 1.807) is 0 Å². The van der Waals surface area contributed by atoms with Gasteiger partial charge in [0.25, 0.3) is 0 Å². The van der Waals surface area contributed by atoms with Crippen molar-refractivity contribution in [3.8, 4) is 0 Å². The van der Waals surface area contributed by atoms with Crippen molar-refractivity contribution < 1.29 is 4.74 Å². The number of nitrogens with two attached hydrogens (primary N) is 1. The molecule has 1 aliphatic heterocycles. The molecule has 1 unspecified atom stereocenters. The highest BCUT2D eigenvalue weighted by atomic mass is 16.5. The number of hydrogen-bond donors (Lipinski definition) is 2. The topological polar surface area (TPSA) is 47.3 Å². The Bertz CT molecular complexity index is 61.4. The van der Waals surface area contributed by atoms with Crippen molar-refractivity contribution in [1.82, 2.24) is 5.43 Å². The number of ether oxygens (including phenoxy) is 1. The Morgan fingerprint density at radius 3 is 3.12 bits per heavy atom. The minimum Gasteiger partial charge on any atom is -0.381 e. The third-order valence-electron chi connectivity index (χ3n) is 1.43. The van der Waals surface area contributed by atoms with Crippen molar-refractivity contribution in [2.24, 2.45) is 11.8 Å². The minimum atomic E-state index is 0.653. The first-order valence-corrected chi connectivity index (χ1v) is 2.94. The summed E-state index contributed by atoms with van der Waals surface area (Å²) in [4.78, 5) is 0. The summed E-state index contributed by atoms with van der Waals surface area (Å²) in [6.45, 7) is 2.68. The van der Waals surface area contributed by atoms with E-state index in [9.17, 15) is 0 Å². The van der Waals surface area contributed by atoms with Gasteiger partial charge in [0.05, 0.1) is 6.61 Å². The van der Waals surface area contributed by atoms with Crippen LogP contribution in [0.15, 0.2) is 0 Å². The van der Waals surface area contributed by atoms with Gasteiger partial charge in [0.1, 0.15) is 0 Å². The Balaban J connectivity index is 2.06. The van der Waals surface area contributed by atoms with Crippen molar-refractivity contribution in [3.05, 3.63) is 0 Å². The highest BCUT2D eigenvalue weighted by Gasteiger charge is 2.13. The van der Waals surface area contributed by atoms with Gasteiger partial charge < -0.3 is 4.74 Å². The summed E-state index contributed by atoms with van der Waals surface area (Å²) in [6, 6.07) is 0. The Morgan fingerprint density at radius 2 is 2.62 bits per heavy atom. The van der Waals surface area contributed by atoms with Gasteiger partial charge >= 0.3 is 0 Å². The van der Waals surface area contributed by atoms with Crippen LogP contribution >= 0.6 is 0 Å². The highest BCUT2D eigenvalue weighted by Crippen LogP contribution is 2.09. The molecule has 0 aliphatic carbocycles. The van der Waals surface area contributed by atoms with E-state index < -0.39 is 0 Å². The van der Waals surface area contributed by atoms with Crippen LogP contribution in [0.4, 0.5) is 0 Å². The van der Waals surface area contributed by atoms with Crippen LogP contribution in [-0.2, 0) is 4.74 Å². The molecule has 1 rings (SSSR count). The van der Waals surface area contributed by atoms with Crippen LogP contribution in [0.25, 0.3) is 0 Å². The summed E-state index contributed by atoms with van der Waals surface area (Å²) in [6.07, 6.45) is 1.16. The Kier molecular flexibility index (Phi) is 2.27. The molecule has 1 fully saturated rings. The predicted molar refractivity (Wildman–Crippen MR) is 31.1 cm³/mol. The molecular weight excluding hydrogens is 104 g/mol. The van der Waals surface area contributed by atoms with E-state index in [-0.39, 0.29) is 0 Å². The van der Waals surface area contributed by atoms with Crippen molar-refractivity contribution in [2.75, 3.05) is 19.8 Å². The number of nitrogens with one attached hydrogen (secondary N) is 1. The SMILES string of the molecule is NNCC1CCOC1. The Labute approximate surface area is 49.2 Å². The van der Waals surface area contributed by atoms with Crippen molar-refractivity contribution in [3.63, 3.8) is 0 Å². The van der Waals surface area contributed by atoms with Gasteiger partial charge in [-0.25, -0.2) is 0 Å². The Morgan fingerprint density at radius 1 is 1.75 bits per heavy atom. The van der Waals surface area contributed by atoms with Crippen LogP contribution in [0.1, 0.15) is 6.42 Å². The lowest BCUT2D eigenvalue weighted by Gasteiger charge is -2.02. The van der Waals surface area contributed by atoms with Crippen molar-refractivity contribution in [1.29, 1.82) is 0 Å². The fourth-order valence-corrected chi connectivity index (χ4v) is 0.911. The summed E-state index contributed by atoms with van der Waals surface area (Å²) >= 11 is 0. The van der Waals surface area contributed by atoms with E-state index in [0.29, 0.717) is 5.92 Å². The second-order valence-corrected chi connectivity index (χ2v) is 2.14. The van der Waals surface area contributed by atoms with E-state index in [4.69, 9.17) is 10.6 Å². The summed E-state index contributed by atoms with van der Waals surface area (Å²) in [5.41, 5.74) is 2.63. The average Bonchev–Trinajstić information content (AvgIpc) is 2.19. The zero-order valence-electron chi connectivity index (χ0n) is 4.89. The van der Waals surface area contributed by atoms with Crippen LogP contribution in [0.3, 0.4) is 0 Å². The molecular formula is C5H12N2O. The first-order valence-electron chi connectivity index (χ1n) is 2.94. The molecule has 3 heteroatoms. The predicted octanol–water partition coefficient (Wildman–Crippen LogP) is -0.514. The van der Waals surface area contributed by atoms with Crippen molar-refractivity contribution in [2.45, 2.75) is 6.42 Å². The lowest BCUT2D eigenvalue weighted by molar-refractivity contribution is 0.185. The lowest BCUT2D eigenvalue weighted by Crippen LogP contribution is -2.28. The number of hydrazine groups is 1. The molecule has 0 aromatic heterocycles. The largest absolute Gasteiger partial charge is 0.381 e. The zero-order chi connectivity index (χ0) is 5.82. The van der Waals surface area contributed by atoms with Gasteiger partial charge in [-0.3, -0.25) is 11.3 Å². The van der Waals surface area contributed by atoms with E-state index >= 15 is 0 Å². The molecule has 1 heterocycles. The van der Waals surface area contributed by atoms with Crippen molar-refractivity contribution >= 4 is 0 Å². The monoisotopic (exact) mass is 116 g/mol. The van der Waals surface area contributed by atoms with Gasteiger partial charge in [-0.05, 0) is 12.3 Å². The van der Waals surface area contributed by atoms with E-state index in [1.807, 2.05) is 0 Å². The summed E-state index contributed by atoms with van der Waals surface area (Å²) in [5, 5.41) is 0.